The molecule has 0 aromatic carbocycles. The Morgan fingerprint density at radius 3 is 2.67 bits per heavy atom. The zero-order valence-electron chi connectivity index (χ0n) is 7.30. The Kier molecular flexibility index (Phi) is 6.85. The molecule has 0 N–H and O–H groups in total. The highest BCUT2D eigenvalue weighted by Crippen LogP contribution is 2.02. The zero-order valence-corrected chi connectivity index (χ0v) is 8.89. The molecule has 3 nitrogen and oxygen atoms in total. The van der Waals surface area contributed by atoms with Crippen LogP contribution in [-0.2, 0) is 14.3 Å². The fourth-order valence-corrected chi connectivity index (χ4v) is 1.07. The molecule has 0 aliphatic carbocycles. The number of halogens is 1. The molecule has 0 heterocycles. The topological polar surface area (TPSA) is 35.5 Å². The average Bonchev–Trinajstić information content (AvgIpc) is 2.07. The number of allylic oxidation sites excluding steroid dienone is 1. The molecule has 70 valence electrons. The van der Waals surface area contributed by atoms with Crippen LogP contribution in [-0.4, -0.2) is 25.0 Å². The van der Waals surface area contributed by atoms with Gasteiger partial charge in [0.25, 0.3) is 0 Å². The lowest BCUT2D eigenvalue weighted by Gasteiger charge is -2.01. The lowest BCUT2D eigenvalue weighted by atomic mass is 10.3. The number of hydrogen-bond acceptors (Lipinski definition) is 3. The first-order valence-electron chi connectivity index (χ1n) is 3.69. The van der Waals surface area contributed by atoms with Gasteiger partial charge < -0.3 is 9.47 Å². The third-order valence-corrected chi connectivity index (χ3v) is 1.75. The minimum atomic E-state index is -0.229. The number of methoxy groups -OCH3 is 1. The van der Waals surface area contributed by atoms with Crippen LogP contribution in [0.1, 0.15) is 13.3 Å². The van der Waals surface area contributed by atoms with E-state index in [9.17, 15) is 4.79 Å². The van der Waals surface area contributed by atoms with E-state index in [-0.39, 0.29) is 12.4 Å². The highest BCUT2D eigenvalue weighted by atomic mass is 79.9. The van der Waals surface area contributed by atoms with Gasteiger partial charge in [-0.05, 0) is 13.0 Å². The molecule has 0 amide bonds. The van der Waals surface area contributed by atoms with E-state index >= 15 is 0 Å². The van der Waals surface area contributed by atoms with Crippen molar-refractivity contribution in [2.45, 2.75) is 13.3 Å². The van der Waals surface area contributed by atoms with Crippen LogP contribution in [0.2, 0.25) is 0 Å². The summed E-state index contributed by atoms with van der Waals surface area (Å²) in [5, 5.41) is 0.614. The van der Waals surface area contributed by atoms with E-state index in [0.29, 0.717) is 11.9 Å². The summed E-state index contributed by atoms with van der Waals surface area (Å²) in [5.74, 6) is 0.510. The second-order valence-electron chi connectivity index (χ2n) is 2.02. The Hall–Kier alpha value is -0.510. The van der Waals surface area contributed by atoms with Gasteiger partial charge in [0.1, 0.15) is 5.76 Å². The number of ether oxygens (including phenoxy) is 2. The number of carbonyl (C=O) groups is 1. The average molecular weight is 237 g/mol. The van der Waals surface area contributed by atoms with Crippen LogP contribution in [0.4, 0.5) is 0 Å². The molecule has 0 rings (SSSR count). The Bertz CT molecular complexity index is 160. The van der Waals surface area contributed by atoms with E-state index in [2.05, 4.69) is 15.9 Å². The van der Waals surface area contributed by atoms with Crippen LogP contribution in [0.15, 0.2) is 11.8 Å². The Balaban J connectivity index is 3.76. The van der Waals surface area contributed by atoms with Crippen LogP contribution < -0.4 is 0 Å². The second kappa shape index (κ2) is 7.16. The van der Waals surface area contributed by atoms with E-state index in [4.69, 9.17) is 9.47 Å². The summed E-state index contributed by atoms with van der Waals surface area (Å²) in [6, 6.07) is 0. The summed E-state index contributed by atoms with van der Waals surface area (Å²) in [4.78, 5) is 10.8. The first-order valence-corrected chi connectivity index (χ1v) is 4.81. The van der Waals surface area contributed by atoms with Gasteiger partial charge in [0.2, 0.25) is 0 Å². The Labute approximate surface area is 80.9 Å². The molecule has 0 bridgehead atoms. The van der Waals surface area contributed by atoms with Gasteiger partial charge in [0.05, 0.1) is 25.5 Å². The predicted octanol–water partition coefficient (Wildman–Crippen LogP) is 1.86. The lowest BCUT2D eigenvalue weighted by molar-refractivity contribution is -0.142. The van der Waals surface area contributed by atoms with Crippen LogP contribution in [0.25, 0.3) is 0 Å². The standard InChI is InChI=1S/C8H13BrO3/c1-3-12-8(10)5-4-7(6-9)11-2/h4H,3,5-6H2,1-2H3. The molecular formula is C8H13BrO3. The van der Waals surface area contributed by atoms with Crippen molar-refractivity contribution in [3.8, 4) is 0 Å². The van der Waals surface area contributed by atoms with Crippen molar-refractivity contribution < 1.29 is 14.3 Å². The normalized spacial score (nSPS) is 11.1. The van der Waals surface area contributed by atoms with Crippen LogP contribution in [0.5, 0.6) is 0 Å². The van der Waals surface area contributed by atoms with Crippen molar-refractivity contribution in [2.24, 2.45) is 0 Å². The van der Waals surface area contributed by atoms with Crippen molar-refractivity contribution in [1.82, 2.24) is 0 Å². The van der Waals surface area contributed by atoms with E-state index in [0.717, 1.165) is 5.76 Å². The smallest absolute Gasteiger partial charge is 0.309 e. The molecule has 0 aliphatic heterocycles. The van der Waals surface area contributed by atoms with Crippen molar-refractivity contribution >= 4 is 21.9 Å². The fraction of sp³-hybridized carbons (Fsp3) is 0.625. The van der Waals surface area contributed by atoms with Gasteiger partial charge in [-0.3, -0.25) is 4.79 Å². The molecule has 0 spiro atoms. The molecule has 0 atom stereocenters. The second-order valence-corrected chi connectivity index (χ2v) is 2.58. The summed E-state index contributed by atoms with van der Waals surface area (Å²) in [6.07, 6.45) is 1.97. The van der Waals surface area contributed by atoms with Gasteiger partial charge >= 0.3 is 5.97 Å². The number of rotatable bonds is 5. The van der Waals surface area contributed by atoms with Crippen LogP contribution >= 0.6 is 15.9 Å². The summed E-state index contributed by atoms with van der Waals surface area (Å²) in [7, 11) is 1.57. The summed E-state index contributed by atoms with van der Waals surface area (Å²) < 4.78 is 9.66. The van der Waals surface area contributed by atoms with E-state index in [1.807, 2.05) is 0 Å². The monoisotopic (exact) mass is 236 g/mol. The van der Waals surface area contributed by atoms with Crippen molar-refractivity contribution in [3.05, 3.63) is 11.8 Å². The number of alkyl halides is 1. The molecule has 12 heavy (non-hydrogen) atoms. The lowest BCUT2D eigenvalue weighted by Crippen LogP contribution is -2.02. The molecule has 0 saturated heterocycles. The van der Waals surface area contributed by atoms with Gasteiger partial charge in [-0.1, -0.05) is 15.9 Å². The Morgan fingerprint density at radius 2 is 2.25 bits per heavy atom. The molecule has 0 aliphatic rings. The molecule has 0 radical (unpaired) electrons. The van der Waals surface area contributed by atoms with Crippen LogP contribution in [0.3, 0.4) is 0 Å². The predicted molar refractivity (Wildman–Crippen MR) is 50.1 cm³/mol. The number of hydrogen-bond donors (Lipinski definition) is 0. The minimum absolute atomic E-state index is 0.229. The maximum Gasteiger partial charge on any atom is 0.309 e. The zero-order chi connectivity index (χ0) is 9.40. The Morgan fingerprint density at radius 1 is 1.58 bits per heavy atom. The summed E-state index contributed by atoms with van der Waals surface area (Å²) in [5.41, 5.74) is 0. The largest absolute Gasteiger partial charge is 0.501 e. The number of carbonyl (C=O) groups excluding carboxylic acids is 1. The maximum absolute atomic E-state index is 10.8. The van der Waals surface area contributed by atoms with E-state index in [1.165, 1.54) is 0 Å². The van der Waals surface area contributed by atoms with Gasteiger partial charge in [0, 0.05) is 0 Å². The molecule has 0 fully saturated rings. The van der Waals surface area contributed by atoms with Gasteiger partial charge in [0.15, 0.2) is 0 Å². The fourth-order valence-electron chi connectivity index (χ4n) is 0.610. The van der Waals surface area contributed by atoms with Crippen molar-refractivity contribution in [3.63, 3.8) is 0 Å². The van der Waals surface area contributed by atoms with Gasteiger partial charge in [-0.2, -0.15) is 0 Å². The highest BCUT2D eigenvalue weighted by Gasteiger charge is 1.99. The van der Waals surface area contributed by atoms with Crippen LogP contribution in [0, 0.1) is 0 Å². The molecule has 0 unspecified atom stereocenters. The molecular weight excluding hydrogens is 224 g/mol. The number of esters is 1. The van der Waals surface area contributed by atoms with E-state index in [1.54, 1.807) is 20.1 Å². The maximum atomic E-state index is 10.8. The molecule has 0 saturated carbocycles. The quantitative estimate of drug-likeness (QED) is 0.416. The molecule has 4 heteroatoms. The molecule has 0 aromatic heterocycles. The van der Waals surface area contributed by atoms with Crippen molar-refractivity contribution in [1.29, 1.82) is 0 Å². The van der Waals surface area contributed by atoms with Gasteiger partial charge in [-0.15, -0.1) is 0 Å². The third-order valence-electron chi connectivity index (χ3n) is 1.20. The summed E-state index contributed by atoms with van der Waals surface area (Å²) >= 11 is 3.22. The van der Waals surface area contributed by atoms with Crippen molar-refractivity contribution in [2.75, 3.05) is 19.0 Å². The third kappa shape index (κ3) is 5.18. The first kappa shape index (κ1) is 11.5. The minimum Gasteiger partial charge on any atom is -0.501 e. The molecule has 0 aromatic rings. The van der Waals surface area contributed by atoms with Gasteiger partial charge in [-0.25, -0.2) is 0 Å². The SMILES string of the molecule is CCOC(=O)CC=C(CBr)OC. The first-order chi connectivity index (χ1) is 5.74. The highest BCUT2D eigenvalue weighted by molar-refractivity contribution is 9.09. The summed E-state index contributed by atoms with van der Waals surface area (Å²) in [6.45, 7) is 2.20. The van der Waals surface area contributed by atoms with E-state index < -0.39 is 0 Å².